The summed E-state index contributed by atoms with van der Waals surface area (Å²) < 4.78 is 78.1. The predicted molar refractivity (Wildman–Crippen MR) is 112 cm³/mol. The summed E-state index contributed by atoms with van der Waals surface area (Å²) in [6, 6.07) is 1.29. The van der Waals surface area contributed by atoms with Gasteiger partial charge in [-0.25, -0.2) is 0 Å². The summed E-state index contributed by atoms with van der Waals surface area (Å²) >= 11 is 5.11. The molecule has 0 unspecified atom stereocenters. The summed E-state index contributed by atoms with van der Waals surface area (Å²) in [5.41, 5.74) is -3.26. The Labute approximate surface area is 187 Å². The van der Waals surface area contributed by atoms with Gasteiger partial charge in [-0.05, 0) is 49.2 Å². The SMILES string of the molecule is OCCN(CCO)[C@@H]1CCCC[C@H]1CNC(=S)Nc1cc(C(F)(F)F)cc(C(F)(F)F)c1. The number of hydrogen-bond acceptors (Lipinski definition) is 4. The second-order valence-corrected chi connectivity index (χ2v) is 8.13. The van der Waals surface area contributed by atoms with Crippen LogP contribution in [0, 0.1) is 5.92 Å². The molecule has 0 aromatic heterocycles. The summed E-state index contributed by atoms with van der Waals surface area (Å²) in [7, 11) is 0. The number of nitrogens with one attached hydrogen (secondary N) is 2. The van der Waals surface area contributed by atoms with Crippen molar-refractivity contribution >= 4 is 23.0 Å². The molecule has 2 rings (SSSR count). The molecule has 0 aliphatic heterocycles. The van der Waals surface area contributed by atoms with Gasteiger partial charge in [0.15, 0.2) is 5.11 Å². The van der Waals surface area contributed by atoms with Crippen LogP contribution in [0.25, 0.3) is 0 Å². The van der Waals surface area contributed by atoms with E-state index in [4.69, 9.17) is 12.2 Å². The molecule has 0 amide bonds. The Morgan fingerprint density at radius 1 is 0.938 bits per heavy atom. The molecule has 0 spiro atoms. The van der Waals surface area contributed by atoms with Crippen LogP contribution in [0.3, 0.4) is 0 Å². The van der Waals surface area contributed by atoms with Gasteiger partial charge in [0.05, 0.1) is 24.3 Å². The first-order chi connectivity index (χ1) is 15.0. The Kier molecular flexibility index (Phi) is 9.55. The van der Waals surface area contributed by atoms with Crippen LogP contribution >= 0.6 is 12.2 Å². The number of hydrogen-bond donors (Lipinski definition) is 4. The van der Waals surface area contributed by atoms with E-state index >= 15 is 0 Å². The van der Waals surface area contributed by atoms with Gasteiger partial charge in [-0.3, -0.25) is 4.90 Å². The fraction of sp³-hybridized carbons (Fsp3) is 0.650. The first kappa shape index (κ1) is 26.6. The van der Waals surface area contributed by atoms with Gasteiger partial charge < -0.3 is 20.8 Å². The fourth-order valence-corrected chi connectivity index (χ4v) is 4.23. The molecule has 1 saturated carbocycles. The van der Waals surface area contributed by atoms with Gasteiger partial charge in [0.25, 0.3) is 0 Å². The molecule has 1 aliphatic carbocycles. The van der Waals surface area contributed by atoms with Crippen LogP contribution in [0.5, 0.6) is 0 Å². The fourth-order valence-electron chi connectivity index (χ4n) is 4.03. The molecule has 5 nitrogen and oxygen atoms in total. The van der Waals surface area contributed by atoms with Crippen LogP contribution in [-0.4, -0.2) is 59.1 Å². The molecule has 1 fully saturated rings. The summed E-state index contributed by atoms with van der Waals surface area (Å²) in [6.45, 7) is 1.03. The van der Waals surface area contributed by atoms with E-state index in [1.807, 2.05) is 4.90 Å². The average Bonchev–Trinajstić information content (AvgIpc) is 2.71. The molecule has 4 N–H and O–H groups in total. The highest BCUT2D eigenvalue weighted by Crippen LogP contribution is 2.37. The zero-order valence-corrected chi connectivity index (χ0v) is 18.1. The van der Waals surface area contributed by atoms with Crippen molar-refractivity contribution in [1.29, 1.82) is 0 Å². The van der Waals surface area contributed by atoms with Gasteiger partial charge in [0, 0.05) is 31.4 Å². The third-order valence-electron chi connectivity index (χ3n) is 5.48. The van der Waals surface area contributed by atoms with Crippen molar-refractivity contribution in [3.05, 3.63) is 29.3 Å². The maximum atomic E-state index is 13.0. The normalized spacial score (nSPS) is 19.8. The lowest BCUT2D eigenvalue weighted by Gasteiger charge is -2.40. The molecule has 32 heavy (non-hydrogen) atoms. The predicted octanol–water partition coefficient (Wildman–Crippen LogP) is 3.86. The number of rotatable bonds is 8. The van der Waals surface area contributed by atoms with Gasteiger partial charge >= 0.3 is 12.4 Å². The summed E-state index contributed by atoms with van der Waals surface area (Å²) in [5, 5.41) is 23.8. The van der Waals surface area contributed by atoms with Crippen molar-refractivity contribution < 1.29 is 36.6 Å². The van der Waals surface area contributed by atoms with E-state index in [1.165, 1.54) is 0 Å². The van der Waals surface area contributed by atoms with Crippen molar-refractivity contribution in [2.75, 3.05) is 38.2 Å². The molecule has 182 valence electrons. The number of alkyl halides is 6. The Hall–Kier alpha value is -1.63. The maximum Gasteiger partial charge on any atom is 0.416 e. The second kappa shape index (κ2) is 11.5. The molecule has 12 heteroatoms. The van der Waals surface area contributed by atoms with Crippen LogP contribution in [0.15, 0.2) is 18.2 Å². The quantitative estimate of drug-likeness (QED) is 0.330. The molecule has 0 radical (unpaired) electrons. The molecule has 0 bridgehead atoms. The van der Waals surface area contributed by atoms with Crippen LogP contribution in [0.2, 0.25) is 0 Å². The minimum absolute atomic E-state index is 0.0607. The number of anilines is 1. The highest BCUT2D eigenvalue weighted by atomic mass is 32.1. The Morgan fingerprint density at radius 3 is 1.97 bits per heavy atom. The van der Waals surface area contributed by atoms with Crippen LogP contribution < -0.4 is 10.6 Å². The zero-order chi connectivity index (χ0) is 23.9. The van der Waals surface area contributed by atoms with E-state index in [2.05, 4.69) is 10.6 Å². The molecule has 2 atom stereocenters. The molecule has 1 aromatic carbocycles. The van der Waals surface area contributed by atoms with Crippen molar-refractivity contribution in [3.63, 3.8) is 0 Å². The van der Waals surface area contributed by atoms with Crippen LogP contribution in [0.1, 0.15) is 36.8 Å². The van der Waals surface area contributed by atoms with Crippen molar-refractivity contribution in [1.82, 2.24) is 10.2 Å². The van der Waals surface area contributed by atoms with Crippen LogP contribution in [-0.2, 0) is 12.4 Å². The minimum atomic E-state index is -4.94. The summed E-state index contributed by atoms with van der Waals surface area (Å²) in [6.07, 6.45) is -6.22. The Bertz CT molecular complexity index is 722. The average molecular weight is 488 g/mol. The Balaban J connectivity index is 2.08. The van der Waals surface area contributed by atoms with E-state index in [1.54, 1.807) is 0 Å². The summed E-state index contributed by atoms with van der Waals surface area (Å²) in [4.78, 5) is 1.99. The highest BCUT2D eigenvalue weighted by Gasteiger charge is 2.37. The molecule has 0 saturated heterocycles. The monoisotopic (exact) mass is 487 g/mol. The molecular weight excluding hydrogens is 460 g/mol. The van der Waals surface area contributed by atoms with Crippen molar-refractivity contribution in [2.45, 2.75) is 44.1 Å². The topological polar surface area (TPSA) is 67.8 Å². The standard InChI is InChI=1S/C20H27F6N3O2S/c21-19(22,23)14-9-15(20(24,25)26)11-16(10-14)28-18(32)27-12-13-3-1-2-4-17(13)29(5-7-30)6-8-31/h9-11,13,17,30-31H,1-8,12H2,(H2,27,28,32)/t13-,17+/m0/s1. The maximum absolute atomic E-state index is 13.0. The molecule has 1 aromatic rings. The largest absolute Gasteiger partial charge is 0.416 e. The number of thiocarbonyl (C=S) groups is 1. The smallest absolute Gasteiger partial charge is 0.395 e. The number of benzene rings is 1. The molecule has 0 heterocycles. The number of aliphatic hydroxyl groups excluding tert-OH is 2. The van der Waals surface area contributed by atoms with E-state index in [0.29, 0.717) is 31.8 Å². The molecular formula is C20H27F6N3O2S. The third-order valence-corrected chi connectivity index (χ3v) is 5.73. The van der Waals surface area contributed by atoms with Gasteiger partial charge in [0.1, 0.15) is 0 Å². The van der Waals surface area contributed by atoms with E-state index < -0.39 is 29.2 Å². The first-order valence-electron chi connectivity index (χ1n) is 10.3. The van der Waals surface area contributed by atoms with Gasteiger partial charge in [-0.1, -0.05) is 12.8 Å². The van der Waals surface area contributed by atoms with E-state index in [-0.39, 0.29) is 36.4 Å². The summed E-state index contributed by atoms with van der Waals surface area (Å²) in [5.74, 6) is 0.0915. The van der Waals surface area contributed by atoms with Gasteiger partial charge in [-0.15, -0.1) is 0 Å². The minimum Gasteiger partial charge on any atom is -0.395 e. The first-order valence-corrected chi connectivity index (χ1v) is 10.7. The lowest BCUT2D eigenvalue weighted by molar-refractivity contribution is -0.143. The van der Waals surface area contributed by atoms with Crippen molar-refractivity contribution in [3.8, 4) is 0 Å². The lowest BCUT2D eigenvalue weighted by atomic mass is 9.83. The third kappa shape index (κ3) is 7.75. The van der Waals surface area contributed by atoms with E-state index in [0.717, 1.165) is 25.7 Å². The number of nitrogens with zero attached hydrogens (tertiary/aromatic N) is 1. The Morgan fingerprint density at radius 2 is 1.47 bits per heavy atom. The second-order valence-electron chi connectivity index (χ2n) is 7.72. The zero-order valence-electron chi connectivity index (χ0n) is 17.3. The van der Waals surface area contributed by atoms with Crippen LogP contribution in [0.4, 0.5) is 32.0 Å². The van der Waals surface area contributed by atoms with Gasteiger partial charge in [-0.2, -0.15) is 26.3 Å². The lowest BCUT2D eigenvalue weighted by Crippen LogP contribution is -2.49. The highest BCUT2D eigenvalue weighted by molar-refractivity contribution is 7.80. The number of halogens is 6. The molecule has 1 aliphatic rings. The van der Waals surface area contributed by atoms with Gasteiger partial charge in [0.2, 0.25) is 0 Å². The van der Waals surface area contributed by atoms with Crippen molar-refractivity contribution in [2.24, 2.45) is 5.92 Å². The number of aliphatic hydroxyl groups is 2. The van der Waals surface area contributed by atoms with E-state index in [9.17, 15) is 36.6 Å².